The lowest BCUT2D eigenvalue weighted by atomic mass is 9.45. The van der Waals surface area contributed by atoms with Crippen molar-refractivity contribution in [3.05, 3.63) is 107 Å². The third kappa shape index (κ3) is 3.38. The molecular formula is C30H24N4O8. The molecular weight excluding hydrogens is 544 g/mol. The zero-order chi connectivity index (χ0) is 29.5. The molecule has 12 heteroatoms. The monoisotopic (exact) mass is 568 g/mol. The van der Waals surface area contributed by atoms with Gasteiger partial charge in [-0.15, -0.1) is 0 Å². The number of nitrogens with one attached hydrogen (secondary N) is 2. The lowest BCUT2D eigenvalue weighted by molar-refractivity contribution is -0.991. The van der Waals surface area contributed by atoms with Gasteiger partial charge < -0.3 is 10.4 Å². The van der Waals surface area contributed by atoms with Crippen LogP contribution in [0.4, 0.5) is 22.7 Å². The molecule has 5 aliphatic rings. The molecule has 42 heavy (non-hydrogen) atoms. The number of rotatable bonds is 5. The minimum Gasteiger partial charge on any atom is -0.595 e. The first-order valence-electron chi connectivity index (χ1n) is 13.3. The van der Waals surface area contributed by atoms with Gasteiger partial charge in [0.2, 0.25) is 23.6 Å². The first-order chi connectivity index (χ1) is 20.2. The van der Waals surface area contributed by atoms with Gasteiger partial charge in [0.15, 0.2) is 11.4 Å². The number of nitrogens with zero attached hydrogens (tertiary/aromatic N) is 2. The van der Waals surface area contributed by atoms with Gasteiger partial charge in [-0.2, -0.15) is 10.5 Å². The summed E-state index contributed by atoms with van der Waals surface area (Å²) in [6.45, 7) is 0. The molecule has 0 aromatic heterocycles. The van der Waals surface area contributed by atoms with E-state index in [4.69, 9.17) is 0 Å². The molecule has 3 aromatic rings. The van der Waals surface area contributed by atoms with Crippen molar-refractivity contribution in [1.82, 2.24) is 0 Å². The maximum atomic E-state index is 14.3. The smallest absolute Gasteiger partial charge is 0.238 e. The fourth-order valence-electron chi connectivity index (χ4n) is 7.49. The molecule has 4 N–H and O–H groups in total. The molecule has 4 amide bonds. The van der Waals surface area contributed by atoms with E-state index in [2.05, 4.69) is 0 Å². The number of allylic oxidation sites excluding steroid dienone is 2. The number of quaternary nitrogens is 2. The summed E-state index contributed by atoms with van der Waals surface area (Å²) >= 11 is 0. The van der Waals surface area contributed by atoms with E-state index in [1.807, 2.05) is 0 Å². The van der Waals surface area contributed by atoms with Crippen LogP contribution in [0.25, 0.3) is 0 Å². The Morgan fingerprint density at radius 1 is 0.619 bits per heavy atom. The standard InChI is InChI=1S/C30H24N4O8/c35-26-22-21-14-15-30(16-4-2-1-3-5-16,24(22)28(37)31(26)17-6-10-19(11-7-17)33(39)40)25-23(21)27(36)32(29(25)38)18-8-12-20(13-9-18)34(41)42/h1-15,21-25,33-34,39,41H/t21?,22-,23-,24+,25+,30?/m0/s1. The number of hydrogen-bond acceptors (Lipinski definition) is 8. The Balaban J connectivity index is 1.36. The minimum atomic E-state index is -1.31. The van der Waals surface area contributed by atoms with Crippen LogP contribution in [0.1, 0.15) is 5.56 Å². The van der Waals surface area contributed by atoms with Crippen molar-refractivity contribution in [2.45, 2.75) is 5.41 Å². The summed E-state index contributed by atoms with van der Waals surface area (Å²) in [7, 11) is 0. The second kappa shape index (κ2) is 9.22. The second-order valence-corrected chi connectivity index (χ2v) is 11.0. The molecule has 3 aromatic carbocycles. The minimum absolute atomic E-state index is 0.0000394. The third-order valence-corrected chi connectivity index (χ3v) is 9.17. The van der Waals surface area contributed by atoms with Crippen molar-refractivity contribution < 1.29 is 40.0 Å². The van der Waals surface area contributed by atoms with Crippen molar-refractivity contribution in [3.63, 3.8) is 0 Å². The van der Waals surface area contributed by atoms with Gasteiger partial charge >= 0.3 is 0 Å². The number of amides is 4. The summed E-state index contributed by atoms with van der Waals surface area (Å²) in [6, 6.07) is 19.8. The van der Waals surface area contributed by atoms with Gasteiger partial charge in [0.1, 0.15) is 0 Å². The van der Waals surface area contributed by atoms with Crippen LogP contribution >= 0.6 is 0 Å². The Bertz CT molecular complexity index is 1560. The van der Waals surface area contributed by atoms with E-state index < -0.39 is 69.1 Å². The summed E-state index contributed by atoms with van der Waals surface area (Å²) in [5, 5.41) is 39.0. The number of hydrogen-bond donors (Lipinski definition) is 4. The Hall–Kier alpha value is -4.56. The predicted molar refractivity (Wildman–Crippen MR) is 144 cm³/mol. The summed E-state index contributed by atoms with van der Waals surface area (Å²) in [5.41, 5.74) is -0.251. The highest BCUT2D eigenvalue weighted by molar-refractivity contribution is 6.27. The predicted octanol–water partition coefficient (Wildman–Crippen LogP) is 0.542. The van der Waals surface area contributed by atoms with E-state index in [0.717, 1.165) is 9.80 Å². The van der Waals surface area contributed by atoms with Gasteiger partial charge in [-0.1, -0.05) is 42.5 Å². The number of anilines is 2. The average Bonchev–Trinajstić information content (AvgIpc) is 3.44. The van der Waals surface area contributed by atoms with Crippen molar-refractivity contribution in [3.8, 4) is 0 Å². The molecule has 2 heterocycles. The van der Waals surface area contributed by atoms with Crippen LogP contribution in [-0.4, -0.2) is 34.0 Å². The van der Waals surface area contributed by atoms with Gasteiger partial charge in [-0.3, -0.25) is 19.2 Å². The van der Waals surface area contributed by atoms with Crippen LogP contribution in [0.5, 0.6) is 0 Å². The Kier molecular flexibility index (Phi) is 5.79. The van der Waals surface area contributed by atoms with E-state index in [1.54, 1.807) is 42.5 Å². The van der Waals surface area contributed by atoms with Crippen LogP contribution in [0, 0.1) is 40.0 Å². The summed E-state index contributed by atoms with van der Waals surface area (Å²) in [4.78, 5) is 58.7. The summed E-state index contributed by atoms with van der Waals surface area (Å²) in [5.74, 6) is -6.59. The van der Waals surface area contributed by atoms with E-state index in [1.165, 1.54) is 48.5 Å². The van der Waals surface area contributed by atoms with Crippen molar-refractivity contribution in [2.24, 2.45) is 29.6 Å². The highest BCUT2D eigenvalue weighted by Crippen LogP contribution is 2.65. The number of carbonyl (C=O) groups excluding carboxylic acids is 4. The molecule has 2 aliphatic heterocycles. The summed E-state index contributed by atoms with van der Waals surface area (Å²) in [6.07, 6.45) is 3.58. The van der Waals surface area contributed by atoms with E-state index >= 15 is 0 Å². The molecule has 2 saturated heterocycles. The zero-order valence-corrected chi connectivity index (χ0v) is 21.8. The van der Waals surface area contributed by atoms with Crippen LogP contribution in [0.3, 0.4) is 0 Å². The van der Waals surface area contributed by atoms with Gasteiger partial charge in [0.25, 0.3) is 0 Å². The molecule has 2 unspecified atom stereocenters. The molecule has 3 aliphatic carbocycles. The highest BCUT2D eigenvalue weighted by atomic mass is 16.8. The number of carbonyl (C=O) groups is 4. The topological polar surface area (TPSA) is 170 Å². The highest BCUT2D eigenvalue weighted by Gasteiger charge is 2.75. The Morgan fingerprint density at radius 3 is 1.45 bits per heavy atom. The Morgan fingerprint density at radius 2 is 1.05 bits per heavy atom. The van der Waals surface area contributed by atoms with Crippen molar-refractivity contribution in [1.29, 1.82) is 0 Å². The normalized spacial score (nSPS) is 31.0. The molecule has 212 valence electrons. The molecule has 2 bridgehead atoms. The molecule has 0 spiro atoms. The fourth-order valence-corrected chi connectivity index (χ4v) is 7.49. The average molecular weight is 569 g/mol. The molecule has 12 nitrogen and oxygen atoms in total. The fraction of sp³-hybridized carbons (Fsp3) is 0.200. The van der Waals surface area contributed by atoms with E-state index in [0.29, 0.717) is 5.56 Å². The third-order valence-electron chi connectivity index (χ3n) is 9.17. The van der Waals surface area contributed by atoms with Gasteiger partial charge in [0, 0.05) is 35.6 Å². The SMILES string of the molecule is O=C1[C@H]2C3C=CC(c4ccccc4)([C@H]2C(=O)N1c1ccc([NH+]([O-])O)cc1)[C@H]1C(=O)N(c2ccc([NH+]([O-])O)cc2)C(=O)[C@@H]31. The molecule has 1 saturated carbocycles. The summed E-state index contributed by atoms with van der Waals surface area (Å²) < 4.78 is 0. The van der Waals surface area contributed by atoms with Gasteiger partial charge in [-0.05, 0) is 29.8 Å². The first-order valence-corrected chi connectivity index (χ1v) is 13.3. The van der Waals surface area contributed by atoms with Gasteiger partial charge in [0.05, 0.1) is 35.0 Å². The second-order valence-electron chi connectivity index (χ2n) is 11.0. The van der Waals surface area contributed by atoms with Crippen LogP contribution in [-0.2, 0) is 24.6 Å². The molecule has 6 atom stereocenters. The molecule has 0 radical (unpaired) electrons. The van der Waals surface area contributed by atoms with Crippen LogP contribution in [0.2, 0.25) is 0 Å². The Labute approximate surface area is 238 Å². The van der Waals surface area contributed by atoms with Gasteiger partial charge in [-0.25, -0.2) is 20.2 Å². The van der Waals surface area contributed by atoms with Crippen LogP contribution in [0.15, 0.2) is 91.0 Å². The largest absolute Gasteiger partial charge is 0.595 e. The maximum absolute atomic E-state index is 14.3. The maximum Gasteiger partial charge on any atom is 0.238 e. The van der Waals surface area contributed by atoms with Crippen LogP contribution < -0.4 is 20.3 Å². The van der Waals surface area contributed by atoms with E-state index in [-0.39, 0.29) is 22.7 Å². The van der Waals surface area contributed by atoms with E-state index in [9.17, 15) is 40.0 Å². The molecule has 3 fully saturated rings. The zero-order valence-electron chi connectivity index (χ0n) is 21.8. The van der Waals surface area contributed by atoms with Crippen molar-refractivity contribution in [2.75, 3.05) is 9.80 Å². The molecule has 8 rings (SSSR count). The quantitative estimate of drug-likeness (QED) is 0.196. The lowest BCUT2D eigenvalue weighted by Crippen LogP contribution is -2.99. The number of imide groups is 2. The van der Waals surface area contributed by atoms with Crippen molar-refractivity contribution >= 4 is 46.4 Å². The number of benzene rings is 3. The first kappa shape index (κ1) is 26.3. The lowest BCUT2D eigenvalue weighted by Gasteiger charge is -2.53.